The molecule has 13 nitrogen and oxygen atoms in total. The number of hydrogen-bond acceptors (Lipinski definition) is 10. The molecule has 0 spiro atoms. The number of nitrogens with two attached hydrogens (primary N) is 1. The van der Waals surface area contributed by atoms with Gasteiger partial charge in [-0.1, -0.05) is 12.1 Å². The number of nitrogens with zero attached hydrogens (tertiary/aromatic N) is 4. The number of nitrogens with one attached hydrogen (secondary N) is 1. The molecule has 0 aliphatic carbocycles. The van der Waals surface area contributed by atoms with Gasteiger partial charge in [0, 0.05) is 11.9 Å². The van der Waals surface area contributed by atoms with Crippen molar-refractivity contribution >= 4 is 46.4 Å². The monoisotopic (exact) mass is 537 g/mol. The summed E-state index contributed by atoms with van der Waals surface area (Å²) in [5.74, 6) is 0.238. The van der Waals surface area contributed by atoms with Crippen LogP contribution in [0.1, 0.15) is 6.23 Å². The van der Waals surface area contributed by atoms with E-state index in [1.165, 1.54) is 8.97 Å². The van der Waals surface area contributed by atoms with Gasteiger partial charge in [0.1, 0.15) is 18.3 Å². The molecule has 15 heteroatoms. The van der Waals surface area contributed by atoms with Crippen molar-refractivity contribution in [2.75, 3.05) is 12.3 Å². The number of fused-ring (bicyclic) bond motifs is 3. The van der Waals surface area contributed by atoms with Gasteiger partial charge in [0.15, 0.2) is 22.1 Å². The van der Waals surface area contributed by atoms with E-state index in [0.717, 1.165) is 5.56 Å². The third-order valence-corrected chi connectivity index (χ3v) is 7.17. The standard InChI is InChI=1S/C18H16BrN6O7P/c19-17-22-11-14(25(17)16-12(26)13-10(31-16)6-30-33(28,29)32-13)23-18-21-9(5-24(18)15(11)27)7-1-3-8(20)4-2-7/h1-5,10,12-13,16,26H,6,20H2,(H,21,23)(H,28,29)/p-1/t10?,12?,13-,16-/m1/s1. The van der Waals surface area contributed by atoms with Crippen molar-refractivity contribution in [2.45, 2.75) is 24.5 Å². The molecule has 5 heterocycles. The summed E-state index contributed by atoms with van der Waals surface area (Å²) in [5, 5.41) is 10.8. The number of halogens is 1. The molecular formula is C18H15BrN6O7P-. The molecule has 5 atom stereocenters. The van der Waals surface area contributed by atoms with Crippen molar-refractivity contribution in [1.29, 1.82) is 0 Å². The Morgan fingerprint density at radius 3 is 2.82 bits per heavy atom. The van der Waals surface area contributed by atoms with Crippen LogP contribution in [0.2, 0.25) is 0 Å². The number of H-pyrrole nitrogens is 1. The molecule has 0 saturated carbocycles. The number of phosphoric ester groups is 1. The van der Waals surface area contributed by atoms with Crippen LogP contribution in [-0.4, -0.2) is 53.9 Å². The molecule has 1 aromatic carbocycles. The second-order valence-corrected chi connectivity index (χ2v) is 9.76. The fourth-order valence-electron chi connectivity index (χ4n) is 4.08. The van der Waals surface area contributed by atoms with E-state index in [2.05, 4.69) is 35.4 Å². The molecule has 3 unspecified atom stereocenters. The average molecular weight is 538 g/mol. The van der Waals surface area contributed by atoms with E-state index in [1.54, 1.807) is 30.5 Å². The van der Waals surface area contributed by atoms with E-state index in [4.69, 9.17) is 15.0 Å². The summed E-state index contributed by atoms with van der Waals surface area (Å²) in [5.41, 5.74) is 7.50. The highest BCUT2D eigenvalue weighted by Gasteiger charge is 2.51. The maximum atomic E-state index is 13.1. The number of anilines is 1. The highest BCUT2D eigenvalue weighted by molar-refractivity contribution is 9.10. The summed E-state index contributed by atoms with van der Waals surface area (Å²) < 4.78 is 29.9. The smallest absolute Gasteiger partial charge is 0.287 e. The number of phosphoric acid groups is 1. The SMILES string of the molecule is Nc1ccc(-c2cn3c(=O)c4nc(Br)n([C@@H]5OC6COP(=O)([O-])O[C@H]6C5O)c4nc3[nH]2)cc1. The van der Waals surface area contributed by atoms with Crippen molar-refractivity contribution in [3.63, 3.8) is 0 Å². The van der Waals surface area contributed by atoms with Crippen molar-refractivity contribution in [1.82, 2.24) is 23.9 Å². The van der Waals surface area contributed by atoms with Crippen LogP contribution in [0.5, 0.6) is 0 Å². The first kappa shape index (κ1) is 21.0. The zero-order valence-electron chi connectivity index (χ0n) is 16.5. The van der Waals surface area contributed by atoms with E-state index in [0.29, 0.717) is 11.4 Å². The van der Waals surface area contributed by atoms with Crippen LogP contribution in [0, 0.1) is 0 Å². The fraction of sp³-hybridized carbons (Fsp3) is 0.278. The van der Waals surface area contributed by atoms with Gasteiger partial charge in [-0.2, -0.15) is 4.98 Å². The number of benzene rings is 1. The number of hydrogen-bond donors (Lipinski definition) is 3. The zero-order chi connectivity index (χ0) is 23.1. The molecule has 2 fully saturated rings. The van der Waals surface area contributed by atoms with Gasteiger partial charge in [0.25, 0.3) is 13.4 Å². The molecule has 4 aromatic rings. The van der Waals surface area contributed by atoms with Gasteiger partial charge in [-0.15, -0.1) is 0 Å². The summed E-state index contributed by atoms with van der Waals surface area (Å²) >= 11 is 3.28. The third-order valence-electron chi connectivity index (χ3n) is 5.64. The van der Waals surface area contributed by atoms with Crippen LogP contribution < -0.4 is 16.2 Å². The second-order valence-electron chi connectivity index (χ2n) is 7.69. The first-order valence-electron chi connectivity index (χ1n) is 9.74. The summed E-state index contributed by atoms with van der Waals surface area (Å²) in [6.07, 6.45) is -2.90. The number of aromatic amines is 1. The Bertz CT molecular complexity index is 1510. The normalized spacial score (nSPS) is 29.7. The Morgan fingerprint density at radius 1 is 1.30 bits per heavy atom. The van der Waals surface area contributed by atoms with Crippen molar-refractivity contribution in [2.24, 2.45) is 0 Å². The molecule has 2 saturated heterocycles. The lowest BCUT2D eigenvalue weighted by atomic mass is 10.1. The summed E-state index contributed by atoms with van der Waals surface area (Å²) in [6.45, 7) is -0.300. The number of ether oxygens (including phenoxy) is 1. The van der Waals surface area contributed by atoms with Crippen LogP contribution in [0.25, 0.3) is 28.2 Å². The van der Waals surface area contributed by atoms with Crippen LogP contribution in [-0.2, 0) is 18.3 Å². The number of rotatable bonds is 2. The minimum absolute atomic E-state index is 0.0274. The van der Waals surface area contributed by atoms with Gasteiger partial charge in [-0.3, -0.25) is 13.9 Å². The molecule has 0 amide bonds. The largest absolute Gasteiger partial charge is 0.756 e. The predicted octanol–water partition coefficient (Wildman–Crippen LogP) is 0.526. The molecule has 2 aliphatic rings. The van der Waals surface area contributed by atoms with Gasteiger partial charge >= 0.3 is 0 Å². The molecule has 3 aromatic heterocycles. The minimum Gasteiger partial charge on any atom is -0.756 e. The Morgan fingerprint density at radius 2 is 2.06 bits per heavy atom. The number of aliphatic hydroxyl groups is 1. The lowest BCUT2D eigenvalue weighted by molar-refractivity contribution is -0.245. The van der Waals surface area contributed by atoms with Crippen molar-refractivity contribution < 1.29 is 28.3 Å². The fourth-order valence-corrected chi connectivity index (χ4v) is 5.57. The number of imidazole rings is 2. The molecule has 0 radical (unpaired) electrons. The second kappa shape index (κ2) is 7.21. The highest BCUT2D eigenvalue weighted by Crippen LogP contribution is 2.50. The van der Waals surface area contributed by atoms with Crippen molar-refractivity contribution in [3.05, 3.63) is 45.5 Å². The molecule has 6 rings (SSSR count). The zero-order valence-corrected chi connectivity index (χ0v) is 19.0. The molecular weight excluding hydrogens is 523 g/mol. The quantitative estimate of drug-likeness (QED) is 0.185. The Kier molecular flexibility index (Phi) is 4.58. The topological polar surface area (TPSA) is 182 Å². The summed E-state index contributed by atoms with van der Waals surface area (Å²) in [7, 11) is -4.54. The Labute approximate surface area is 192 Å². The number of aliphatic hydroxyl groups excluding tert-OH is 1. The summed E-state index contributed by atoms with van der Waals surface area (Å²) in [4.78, 5) is 36.7. The van der Waals surface area contributed by atoms with Crippen LogP contribution in [0.15, 0.2) is 40.0 Å². The molecule has 33 heavy (non-hydrogen) atoms. The van der Waals surface area contributed by atoms with Crippen LogP contribution in [0.4, 0.5) is 5.69 Å². The van der Waals surface area contributed by atoms with E-state index in [-0.39, 0.29) is 28.3 Å². The van der Waals surface area contributed by atoms with Gasteiger partial charge in [-0.05, 0) is 33.6 Å². The van der Waals surface area contributed by atoms with Crippen molar-refractivity contribution in [3.8, 4) is 11.3 Å². The van der Waals surface area contributed by atoms with E-state index < -0.39 is 37.9 Å². The van der Waals surface area contributed by atoms with E-state index in [9.17, 15) is 19.4 Å². The maximum Gasteiger partial charge on any atom is 0.287 e. The number of aromatic nitrogens is 5. The predicted molar refractivity (Wildman–Crippen MR) is 115 cm³/mol. The third kappa shape index (κ3) is 3.26. The van der Waals surface area contributed by atoms with Gasteiger partial charge in [-0.25, -0.2) is 9.38 Å². The lowest BCUT2D eigenvalue weighted by Gasteiger charge is -2.34. The summed E-state index contributed by atoms with van der Waals surface area (Å²) in [6, 6.07) is 7.10. The van der Waals surface area contributed by atoms with Gasteiger partial charge in [0.2, 0.25) is 5.78 Å². The molecule has 172 valence electrons. The lowest BCUT2D eigenvalue weighted by Crippen LogP contribution is -2.41. The maximum absolute atomic E-state index is 13.1. The highest BCUT2D eigenvalue weighted by atomic mass is 79.9. The van der Waals surface area contributed by atoms with E-state index >= 15 is 0 Å². The minimum atomic E-state index is -4.54. The number of nitrogen functional groups attached to an aromatic ring is 1. The van der Waals surface area contributed by atoms with Gasteiger partial charge < -0.3 is 34.5 Å². The van der Waals surface area contributed by atoms with Gasteiger partial charge in [0.05, 0.1) is 12.3 Å². The van der Waals surface area contributed by atoms with Crippen LogP contribution >= 0.6 is 23.8 Å². The molecule has 2 aliphatic heterocycles. The average Bonchev–Trinajstić information content (AvgIpc) is 3.43. The molecule has 0 bridgehead atoms. The van der Waals surface area contributed by atoms with Crippen LogP contribution in [0.3, 0.4) is 0 Å². The Balaban J connectivity index is 1.47. The van der Waals surface area contributed by atoms with E-state index in [1.807, 2.05) is 0 Å². The first-order valence-corrected chi connectivity index (χ1v) is 12.0. The molecule has 4 N–H and O–H groups in total. The Hall–Kier alpha value is -2.58. The first-order chi connectivity index (χ1) is 15.7.